The van der Waals surface area contributed by atoms with Gasteiger partial charge in [0, 0.05) is 29.7 Å². The predicted octanol–water partition coefficient (Wildman–Crippen LogP) is 4.94. The Balaban J connectivity index is 1.75. The highest BCUT2D eigenvalue weighted by Crippen LogP contribution is 2.37. The molecule has 0 spiro atoms. The molecule has 0 fully saturated rings. The molecule has 0 saturated heterocycles. The number of anilines is 2. The van der Waals surface area contributed by atoms with Crippen molar-refractivity contribution in [3.63, 3.8) is 0 Å². The minimum absolute atomic E-state index is 0.0768. The van der Waals surface area contributed by atoms with Gasteiger partial charge in [-0.15, -0.1) is 0 Å². The molecule has 5 rings (SSSR count). The number of hydrogen-bond acceptors (Lipinski definition) is 7. The van der Waals surface area contributed by atoms with Crippen molar-refractivity contribution >= 4 is 28.6 Å². The van der Waals surface area contributed by atoms with Gasteiger partial charge in [-0.25, -0.2) is 19.4 Å². The summed E-state index contributed by atoms with van der Waals surface area (Å²) >= 11 is 0. The number of rotatable bonds is 6. The molecule has 0 aliphatic rings. The molecule has 0 atom stereocenters. The summed E-state index contributed by atoms with van der Waals surface area (Å²) in [5, 5.41) is 18.0. The number of carboxylic acid groups (broad SMARTS) is 1. The lowest BCUT2D eigenvalue weighted by Gasteiger charge is -2.16. The van der Waals surface area contributed by atoms with Crippen LogP contribution in [0.4, 0.5) is 11.5 Å². The van der Waals surface area contributed by atoms with Crippen LogP contribution in [-0.2, 0) is 0 Å². The molecule has 3 heterocycles. The molecule has 9 nitrogen and oxygen atoms in total. The van der Waals surface area contributed by atoms with E-state index in [1.807, 2.05) is 44.2 Å². The van der Waals surface area contributed by atoms with Crippen LogP contribution in [0.5, 0.6) is 5.75 Å². The fourth-order valence-corrected chi connectivity index (χ4v) is 4.02. The Kier molecular flexibility index (Phi) is 5.58. The normalized spacial score (nSPS) is 10.9. The van der Waals surface area contributed by atoms with Gasteiger partial charge in [0.25, 0.3) is 0 Å². The first-order valence-corrected chi connectivity index (χ1v) is 10.9. The van der Waals surface area contributed by atoms with Crippen LogP contribution >= 0.6 is 0 Å². The topological polar surface area (TPSA) is 115 Å². The standard InChI is InChI=1S/C26H22N6O3/c1-15-6-4-5-7-22(15)32-25(30-20-9-8-18(35-3)13-19(20)26(33)34)23(16(2)31-32)17-12-21-24(29-14-17)28-11-10-27-21/h4-14,30H,1-3H3,(H,33,34). The fourth-order valence-electron chi connectivity index (χ4n) is 4.02. The molecule has 174 valence electrons. The summed E-state index contributed by atoms with van der Waals surface area (Å²) in [6.45, 7) is 3.90. The van der Waals surface area contributed by atoms with Crippen molar-refractivity contribution in [3.05, 3.63) is 83.9 Å². The molecule has 0 aliphatic heterocycles. The van der Waals surface area contributed by atoms with Crippen molar-refractivity contribution in [2.24, 2.45) is 0 Å². The largest absolute Gasteiger partial charge is 0.497 e. The zero-order chi connectivity index (χ0) is 24.5. The third-order valence-corrected chi connectivity index (χ3v) is 5.73. The number of methoxy groups -OCH3 is 1. The van der Waals surface area contributed by atoms with E-state index < -0.39 is 5.97 Å². The Morgan fingerprint density at radius 3 is 2.60 bits per heavy atom. The molecule has 0 aliphatic carbocycles. The third-order valence-electron chi connectivity index (χ3n) is 5.73. The van der Waals surface area contributed by atoms with Gasteiger partial charge in [0.2, 0.25) is 0 Å². The minimum Gasteiger partial charge on any atom is -0.497 e. The first-order chi connectivity index (χ1) is 17.0. The highest BCUT2D eigenvalue weighted by Gasteiger charge is 2.22. The molecule has 2 aromatic carbocycles. The lowest BCUT2D eigenvalue weighted by Crippen LogP contribution is -2.08. The van der Waals surface area contributed by atoms with Crippen LogP contribution in [0, 0.1) is 13.8 Å². The highest BCUT2D eigenvalue weighted by molar-refractivity contribution is 5.97. The number of carboxylic acids is 1. The molecular weight excluding hydrogens is 444 g/mol. The van der Waals surface area contributed by atoms with E-state index in [0.29, 0.717) is 28.4 Å². The Morgan fingerprint density at radius 2 is 1.83 bits per heavy atom. The summed E-state index contributed by atoms with van der Waals surface area (Å²) in [6, 6.07) is 14.6. The maximum atomic E-state index is 12.1. The third kappa shape index (κ3) is 4.04. The van der Waals surface area contributed by atoms with E-state index in [-0.39, 0.29) is 5.56 Å². The molecule has 0 amide bonds. The van der Waals surface area contributed by atoms with Crippen molar-refractivity contribution < 1.29 is 14.6 Å². The minimum atomic E-state index is -1.07. The Hall–Kier alpha value is -4.79. The Labute approximate surface area is 201 Å². The number of para-hydroxylation sites is 1. The number of fused-ring (bicyclic) bond motifs is 1. The number of carbonyl (C=O) groups is 1. The smallest absolute Gasteiger partial charge is 0.337 e. The summed E-state index contributed by atoms with van der Waals surface area (Å²) in [5.74, 6) is -0.0159. The summed E-state index contributed by atoms with van der Waals surface area (Å²) in [6.07, 6.45) is 4.94. The quantitative estimate of drug-likeness (QED) is 0.361. The number of aryl methyl sites for hydroxylation is 2. The second kappa shape index (κ2) is 8.86. The van der Waals surface area contributed by atoms with Crippen molar-refractivity contribution in [1.29, 1.82) is 0 Å². The summed E-state index contributed by atoms with van der Waals surface area (Å²) in [4.78, 5) is 25.2. The van der Waals surface area contributed by atoms with Crippen LogP contribution in [0.1, 0.15) is 21.6 Å². The van der Waals surface area contributed by atoms with Crippen LogP contribution in [0.15, 0.2) is 67.1 Å². The number of benzene rings is 2. The monoisotopic (exact) mass is 466 g/mol. The predicted molar refractivity (Wildman–Crippen MR) is 133 cm³/mol. The summed E-state index contributed by atoms with van der Waals surface area (Å²) in [5.41, 5.74) is 5.85. The van der Waals surface area contributed by atoms with E-state index in [0.717, 1.165) is 28.1 Å². The second-order valence-electron chi connectivity index (χ2n) is 7.97. The van der Waals surface area contributed by atoms with E-state index in [1.54, 1.807) is 35.4 Å². The zero-order valence-electron chi connectivity index (χ0n) is 19.4. The van der Waals surface area contributed by atoms with Gasteiger partial charge in [-0.05, 0) is 49.7 Å². The van der Waals surface area contributed by atoms with Gasteiger partial charge in [-0.2, -0.15) is 5.10 Å². The first kappa shape index (κ1) is 22.0. The van der Waals surface area contributed by atoms with Gasteiger partial charge in [0.1, 0.15) is 17.1 Å². The van der Waals surface area contributed by atoms with Crippen molar-refractivity contribution in [2.45, 2.75) is 13.8 Å². The molecular formula is C26H22N6O3. The second-order valence-corrected chi connectivity index (χ2v) is 7.97. The average Bonchev–Trinajstić information content (AvgIpc) is 3.19. The Morgan fingerprint density at radius 1 is 1.03 bits per heavy atom. The fraction of sp³-hybridized carbons (Fsp3) is 0.115. The molecule has 5 aromatic rings. The van der Waals surface area contributed by atoms with Gasteiger partial charge in [-0.3, -0.25) is 4.98 Å². The number of aromatic carboxylic acids is 1. The summed E-state index contributed by atoms with van der Waals surface area (Å²) < 4.78 is 7.02. The number of pyridine rings is 1. The maximum absolute atomic E-state index is 12.1. The van der Waals surface area contributed by atoms with Crippen LogP contribution in [-0.4, -0.2) is 42.9 Å². The number of hydrogen-bond donors (Lipinski definition) is 2. The van der Waals surface area contributed by atoms with Gasteiger partial charge in [0.05, 0.1) is 29.7 Å². The molecule has 9 heteroatoms. The molecule has 0 radical (unpaired) electrons. The van der Waals surface area contributed by atoms with Gasteiger partial charge in [-0.1, -0.05) is 18.2 Å². The van der Waals surface area contributed by atoms with Gasteiger partial charge in [0.15, 0.2) is 5.65 Å². The van der Waals surface area contributed by atoms with E-state index in [2.05, 4.69) is 20.3 Å². The molecule has 0 unspecified atom stereocenters. The van der Waals surface area contributed by atoms with Gasteiger partial charge >= 0.3 is 5.97 Å². The van der Waals surface area contributed by atoms with E-state index in [1.165, 1.54) is 13.2 Å². The van der Waals surface area contributed by atoms with Crippen LogP contribution in [0.25, 0.3) is 28.0 Å². The lowest BCUT2D eigenvalue weighted by molar-refractivity contribution is 0.0697. The first-order valence-electron chi connectivity index (χ1n) is 10.9. The van der Waals surface area contributed by atoms with E-state index in [4.69, 9.17) is 9.84 Å². The van der Waals surface area contributed by atoms with Crippen LogP contribution in [0.3, 0.4) is 0 Å². The van der Waals surface area contributed by atoms with Crippen molar-refractivity contribution in [1.82, 2.24) is 24.7 Å². The highest BCUT2D eigenvalue weighted by atomic mass is 16.5. The van der Waals surface area contributed by atoms with Crippen LogP contribution < -0.4 is 10.1 Å². The molecule has 2 N–H and O–H groups in total. The Bertz CT molecular complexity index is 1580. The number of nitrogens with zero attached hydrogens (tertiary/aromatic N) is 5. The van der Waals surface area contributed by atoms with Crippen molar-refractivity contribution in [3.8, 4) is 22.6 Å². The van der Waals surface area contributed by atoms with E-state index in [9.17, 15) is 9.90 Å². The number of nitrogens with one attached hydrogen (secondary N) is 1. The lowest BCUT2D eigenvalue weighted by atomic mass is 10.1. The number of ether oxygens (including phenoxy) is 1. The number of aromatic nitrogens is 5. The molecule has 0 saturated carbocycles. The molecule has 0 bridgehead atoms. The maximum Gasteiger partial charge on any atom is 0.337 e. The van der Waals surface area contributed by atoms with Gasteiger partial charge < -0.3 is 15.2 Å². The summed E-state index contributed by atoms with van der Waals surface area (Å²) in [7, 11) is 1.50. The molecule has 35 heavy (non-hydrogen) atoms. The zero-order valence-corrected chi connectivity index (χ0v) is 19.4. The average molecular weight is 467 g/mol. The SMILES string of the molecule is COc1ccc(Nc2c(-c3cnc4nccnc4c3)c(C)nn2-c2ccccc2C)c(C(=O)O)c1. The van der Waals surface area contributed by atoms with Crippen LogP contribution in [0.2, 0.25) is 0 Å². The van der Waals surface area contributed by atoms with E-state index >= 15 is 0 Å². The molecule has 3 aromatic heterocycles. The van der Waals surface area contributed by atoms with Crippen molar-refractivity contribution in [2.75, 3.05) is 12.4 Å².